The number of hydrogen-bond donors (Lipinski definition) is 1. The van der Waals surface area contributed by atoms with Crippen LogP contribution in [0.3, 0.4) is 0 Å². The van der Waals surface area contributed by atoms with Crippen molar-refractivity contribution in [1.82, 2.24) is 4.90 Å². The maximum Gasteiger partial charge on any atom is 0.242 e. The molecule has 2 atom stereocenters. The standard InChI is InChI=1S/C13H22N2O4S/c1-2-3-4-5-6-15-11(16)7-10(12(15)17)20-8-9(14)13(18)19/h9-10H,2-8,14H2,1H3,(H,18,19)/t9-,10+/m0/s1. The van der Waals surface area contributed by atoms with Crippen molar-refractivity contribution < 1.29 is 25.2 Å². The van der Waals surface area contributed by atoms with Crippen LogP contribution < -0.4 is 10.8 Å². The molecule has 1 aliphatic heterocycles. The van der Waals surface area contributed by atoms with E-state index in [9.17, 15) is 19.5 Å². The van der Waals surface area contributed by atoms with Gasteiger partial charge in [-0.1, -0.05) is 26.2 Å². The second-order valence-electron chi connectivity index (χ2n) is 4.99. The Bertz CT molecular complexity index is 375. The van der Waals surface area contributed by atoms with E-state index in [0.29, 0.717) is 6.54 Å². The minimum Gasteiger partial charge on any atom is -0.544 e. The van der Waals surface area contributed by atoms with Gasteiger partial charge in [-0.2, -0.15) is 0 Å². The van der Waals surface area contributed by atoms with Gasteiger partial charge in [0.15, 0.2) is 0 Å². The molecule has 114 valence electrons. The lowest BCUT2D eigenvalue weighted by molar-refractivity contribution is -0.431. The van der Waals surface area contributed by atoms with Gasteiger partial charge in [-0.3, -0.25) is 14.5 Å². The molecule has 0 aromatic heterocycles. The Labute approximate surface area is 123 Å². The molecule has 0 spiro atoms. The molecule has 0 saturated carbocycles. The van der Waals surface area contributed by atoms with Crippen LogP contribution in [0.25, 0.3) is 0 Å². The van der Waals surface area contributed by atoms with Gasteiger partial charge in [0.2, 0.25) is 11.8 Å². The van der Waals surface area contributed by atoms with E-state index < -0.39 is 17.3 Å². The van der Waals surface area contributed by atoms with Crippen LogP contribution in [-0.4, -0.2) is 46.3 Å². The first-order valence-corrected chi connectivity index (χ1v) is 8.02. The van der Waals surface area contributed by atoms with Crippen LogP contribution >= 0.6 is 11.8 Å². The quantitative estimate of drug-likeness (QED) is 0.425. The Morgan fingerprint density at radius 3 is 2.75 bits per heavy atom. The highest BCUT2D eigenvalue weighted by molar-refractivity contribution is 8.00. The number of likely N-dealkylation sites (tertiary alicyclic amines) is 1. The highest BCUT2D eigenvalue weighted by atomic mass is 32.2. The molecule has 1 heterocycles. The van der Waals surface area contributed by atoms with Crippen LogP contribution in [-0.2, 0) is 14.4 Å². The summed E-state index contributed by atoms with van der Waals surface area (Å²) >= 11 is 1.18. The van der Waals surface area contributed by atoms with Gasteiger partial charge in [0.1, 0.15) is 6.04 Å². The third-order valence-electron chi connectivity index (χ3n) is 3.27. The van der Waals surface area contributed by atoms with Crippen LogP contribution in [0.5, 0.6) is 0 Å². The summed E-state index contributed by atoms with van der Waals surface area (Å²) in [4.78, 5) is 35.7. The Balaban J connectivity index is 2.39. The van der Waals surface area contributed by atoms with Gasteiger partial charge in [0.05, 0.1) is 17.0 Å². The first-order valence-electron chi connectivity index (χ1n) is 6.97. The van der Waals surface area contributed by atoms with E-state index >= 15 is 0 Å². The monoisotopic (exact) mass is 302 g/mol. The van der Waals surface area contributed by atoms with E-state index in [1.165, 1.54) is 16.7 Å². The largest absolute Gasteiger partial charge is 0.544 e. The average molecular weight is 302 g/mol. The normalized spacial score (nSPS) is 20.5. The zero-order valence-electron chi connectivity index (χ0n) is 11.8. The summed E-state index contributed by atoms with van der Waals surface area (Å²) in [6.07, 6.45) is 4.21. The lowest BCUT2D eigenvalue weighted by atomic mass is 10.2. The summed E-state index contributed by atoms with van der Waals surface area (Å²) in [6.45, 7) is 2.58. The Kier molecular flexibility index (Phi) is 7.01. The highest BCUT2D eigenvalue weighted by Crippen LogP contribution is 2.25. The second kappa shape index (κ2) is 8.26. The van der Waals surface area contributed by atoms with Gasteiger partial charge >= 0.3 is 0 Å². The number of rotatable bonds is 9. The fourth-order valence-electron chi connectivity index (χ4n) is 2.01. The predicted molar refractivity (Wildman–Crippen MR) is 73.4 cm³/mol. The molecule has 7 heteroatoms. The molecule has 0 bridgehead atoms. The summed E-state index contributed by atoms with van der Waals surface area (Å²) in [5, 5.41) is 10.1. The summed E-state index contributed by atoms with van der Waals surface area (Å²) in [6, 6.07) is -0.860. The zero-order valence-corrected chi connectivity index (χ0v) is 12.6. The number of carboxylic acid groups (broad SMARTS) is 1. The Morgan fingerprint density at radius 2 is 2.15 bits per heavy atom. The van der Waals surface area contributed by atoms with E-state index in [0.717, 1.165) is 25.7 Å². The first-order chi connectivity index (χ1) is 9.47. The molecule has 0 unspecified atom stereocenters. The minimum absolute atomic E-state index is 0.155. The summed E-state index contributed by atoms with van der Waals surface area (Å²) in [5.74, 6) is -1.39. The van der Waals surface area contributed by atoms with Gasteiger partial charge in [-0.15, -0.1) is 11.8 Å². The van der Waals surface area contributed by atoms with Crippen molar-refractivity contribution in [2.75, 3.05) is 12.3 Å². The van der Waals surface area contributed by atoms with E-state index in [1.807, 2.05) is 0 Å². The van der Waals surface area contributed by atoms with Gasteiger partial charge in [0, 0.05) is 13.0 Å². The number of quaternary nitrogens is 1. The maximum atomic E-state index is 12.1. The van der Waals surface area contributed by atoms with E-state index in [2.05, 4.69) is 12.7 Å². The van der Waals surface area contributed by atoms with Gasteiger partial charge in [-0.25, -0.2) is 0 Å². The molecule has 3 N–H and O–H groups in total. The number of unbranched alkanes of at least 4 members (excludes halogenated alkanes) is 3. The van der Waals surface area contributed by atoms with Crippen molar-refractivity contribution in [2.24, 2.45) is 0 Å². The van der Waals surface area contributed by atoms with E-state index in [-0.39, 0.29) is 24.0 Å². The average Bonchev–Trinajstić information content (AvgIpc) is 2.67. The Hall–Kier alpha value is -1.08. The molecule has 1 saturated heterocycles. The molecule has 0 aromatic rings. The fraction of sp³-hybridized carbons (Fsp3) is 0.769. The molecular weight excluding hydrogens is 280 g/mol. The molecule has 0 aromatic carbocycles. The van der Waals surface area contributed by atoms with Crippen LogP contribution in [0.1, 0.15) is 39.0 Å². The van der Waals surface area contributed by atoms with Crippen molar-refractivity contribution >= 4 is 29.5 Å². The lowest BCUT2D eigenvalue weighted by Crippen LogP contribution is -2.69. The molecule has 20 heavy (non-hydrogen) atoms. The number of imide groups is 1. The number of carbonyl (C=O) groups is 3. The number of aliphatic carboxylic acids is 1. The Morgan fingerprint density at radius 1 is 1.45 bits per heavy atom. The molecule has 0 radical (unpaired) electrons. The number of carbonyl (C=O) groups excluding carboxylic acids is 3. The topological polar surface area (TPSA) is 105 Å². The summed E-state index contributed by atoms with van der Waals surface area (Å²) in [5.41, 5.74) is 3.44. The van der Waals surface area contributed by atoms with Crippen molar-refractivity contribution in [1.29, 1.82) is 0 Å². The smallest absolute Gasteiger partial charge is 0.242 e. The van der Waals surface area contributed by atoms with Crippen LogP contribution in [0, 0.1) is 0 Å². The first kappa shape index (κ1) is 17.0. The molecule has 2 amide bonds. The van der Waals surface area contributed by atoms with Crippen molar-refractivity contribution in [3.8, 4) is 0 Å². The van der Waals surface area contributed by atoms with Crippen LogP contribution in [0.15, 0.2) is 0 Å². The SMILES string of the molecule is CCCCCCN1C(=O)C[C@@H](SC[C@H]([NH3+])C(=O)[O-])C1=O. The maximum absolute atomic E-state index is 12.1. The van der Waals surface area contributed by atoms with Gasteiger partial charge in [-0.05, 0) is 6.42 Å². The molecule has 6 nitrogen and oxygen atoms in total. The number of amides is 2. The number of nitrogens with zero attached hydrogens (tertiary/aromatic N) is 1. The van der Waals surface area contributed by atoms with Crippen molar-refractivity contribution in [3.05, 3.63) is 0 Å². The van der Waals surface area contributed by atoms with Gasteiger partial charge in [0.25, 0.3) is 0 Å². The molecule has 0 aliphatic carbocycles. The number of thioether (sulfide) groups is 1. The summed E-state index contributed by atoms with van der Waals surface area (Å²) < 4.78 is 0. The third-order valence-corrected chi connectivity index (χ3v) is 4.64. The molecule has 1 fully saturated rings. The summed E-state index contributed by atoms with van der Waals surface area (Å²) in [7, 11) is 0. The predicted octanol–water partition coefficient (Wildman–Crippen LogP) is -1.21. The second-order valence-corrected chi connectivity index (χ2v) is 6.22. The van der Waals surface area contributed by atoms with Crippen LogP contribution in [0.4, 0.5) is 0 Å². The van der Waals surface area contributed by atoms with Crippen molar-refractivity contribution in [3.63, 3.8) is 0 Å². The van der Waals surface area contributed by atoms with Crippen molar-refractivity contribution in [2.45, 2.75) is 50.3 Å². The van der Waals surface area contributed by atoms with E-state index in [1.54, 1.807) is 0 Å². The molecular formula is C13H22N2O4S. The number of carboxylic acids is 1. The zero-order chi connectivity index (χ0) is 15.1. The lowest BCUT2D eigenvalue weighted by Gasteiger charge is -2.15. The van der Waals surface area contributed by atoms with Crippen LogP contribution in [0.2, 0.25) is 0 Å². The molecule has 1 rings (SSSR count). The van der Waals surface area contributed by atoms with Gasteiger partial charge < -0.3 is 15.6 Å². The third kappa shape index (κ3) is 4.79. The van der Waals surface area contributed by atoms with E-state index in [4.69, 9.17) is 0 Å². The highest BCUT2D eigenvalue weighted by Gasteiger charge is 2.38. The number of hydrogen-bond acceptors (Lipinski definition) is 5. The minimum atomic E-state index is -1.23. The fourth-order valence-corrected chi connectivity index (χ4v) is 3.15. The molecule has 1 aliphatic rings.